The number of hydrogen-bond donors (Lipinski definition) is 0. The Labute approximate surface area is 614 Å². The van der Waals surface area contributed by atoms with Crippen LogP contribution in [0.2, 0.25) is 0 Å². The number of fused-ring (bicyclic) bond motifs is 18. The first-order valence-corrected chi connectivity index (χ1v) is 37.8. The van der Waals surface area contributed by atoms with Gasteiger partial charge in [-0.1, -0.05) is 192 Å². The minimum atomic E-state index is 0.993. The third-order valence-electron chi connectivity index (χ3n) is 20.1. The molecule has 6 aliphatic rings. The zero-order chi connectivity index (χ0) is 74.5. The van der Waals surface area contributed by atoms with Gasteiger partial charge in [0.25, 0.3) is 0 Å². The van der Waals surface area contributed by atoms with Crippen LogP contribution in [-0.4, -0.2) is 29.9 Å². The summed E-state index contributed by atoms with van der Waals surface area (Å²) < 4.78 is 0. The zero-order valence-corrected chi connectivity index (χ0v) is 66.2. The quantitative estimate of drug-likeness (QED) is 0.151. The normalized spacial score (nSPS) is 11.3. The summed E-state index contributed by atoms with van der Waals surface area (Å²) in [4.78, 5) is 26.3. The first-order chi connectivity index (χ1) is 49.6. The lowest BCUT2D eigenvalue weighted by atomic mass is 9.97. The van der Waals surface area contributed by atoms with Crippen LogP contribution in [0.15, 0.2) is 183 Å². The Kier molecular flexibility index (Phi) is 29.4. The second-order valence-electron chi connectivity index (χ2n) is 25.4. The molecule has 0 radical (unpaired) electrons. The molecule has 6 nitrogen and oxygen atoms in total. The summed E-state index contributed by atoms with van der Waals surface area (Å²) in [6.07, 6.45) is 21.7. The van der Waals surface area contributed by atoms with Crippen molar-refractivity contribution in [2.75, 3.05) is 0 Å². The molecule has 0 saturated carbocycles. The van der Waals surface area contributed by atoms with Gasteiger partial charge in [-0.15, -0.1) is 0 Å². The summed E-state index contributed by atoms with van der Waals surface area (Å²) in [7, 11) is 0. The second kappa shape index (κ2) is 37.8. The fourth-order valence-corrected chi connectivity index (χ4v) is 14.3. The van der Waals surface area contributed by atoms with Crippen molar-refractivity contribution >= 4 is 0 Å². The number of nitrogens with zero attached hydrogens (tertiary/aromatic N) is 6. The molecule has 0 spiro atoms. The highest BCUT2D eigenvalue weighted by Gasteiger charge is 2.26. The first kappa shape index (κ1) is 79.5. The van der Waals surface area contributed by atoms with Crippen LogP contribution in [0.25, 0.3) is 66.9 Å². The Balaban J connectivity index is 0.000000166. The van der Waals surface area contributed by atoms with Gasteiger partial charge in [0, 0.05) is 110 Å². The van der Waals surface area contributed by atoms with E-state index in [0.29, 0.717) is 0 Å². The van der Waals surface area contributed by atoms with Crippen molar-refractivity contribution in [1.82, 2.24) is 29.9 Å². The number of hydrogen-bond acceptors (Lipinski definition) is 6. The number of aryl methyl sites for hydroxylation is 6. The molecule has 6 heteroatoms. The van der Waals surface area contributed by atoms with Gasteiger partial charge in [-0.2, -0.15) is 0 Å². The predicted molar refractivity (Wildman–Crippen MR) is 440 cm³/mol. The molecular weight excluding hydrogens is 1240 g/mol. The SMILES string of the molecule is CC.CC.CC.CC.CC.CC.Cc1ccc2c(c1C)-c1cccnc1C2.Cc1ccc2c(c1C)-c1ccncc1C2.Cc1ccc2c(c1C)-c1cnccc1C2.Cc1ccc2c(c1C)-c1ncccc1C2.Cc1cnc2c(c1C)-c1ccccc1C2.Cc1ncc2c(c1C)-c1ccccc1C2. The molecule has 0 unspecified atom stereocenters. The van der Waals surface area contributed by atoms with Gasteiger partial charge in [-0.3, -0.25) is 29.9 Å². The molecule has 0 atom stereocenters. The van der Waals surface area contributed by atoms with E-state index in [-0.39, 0.29) is 0 Å². The van der Waals surface area contributed by atoms with Gasteiger partial charge >= 0.3 is 0 Å². The number of pyridine rings is 6. The lowest BCUT2D eigenvalue weighted by Crippen LogP contribution is -1.92. The van der Waals surface area contributed by atoms with Crippen molar-refractivity contribution in [3.05, 3.63) is 317 Å². The third-order valence-corrected chi connectivity index (χ3v) is 20.1. The fraction of sp³-hybridized carbons (Fsp3) is 0.312. The van der Waals surface area contributed by atoms with E-state index in [1.54, 1.807) is 0 Å². The van der Waals surface area contributed by atoms with E-state index < -0.39 is 0 Å². The van der Waals surface area contributed by atoms with Gasteiger partial charge in [-0.25, -0.2) is 0 Å². The summed E-state index contributed by atoms with van der Waals surface area (Å²) in [5, 5.41) is 0. The highest BCUT2D eigenvalue weighted by molar-refractivity contribution is 5.84. The standard InChI is InChI=1S/6C14H13N.6C2H6/c1-9-3-4-12-7-11-5-6-15-8-13(11)14(12)10(9)2;1-9-3-4-11-7-12-8-15-6-5-13(12)14(11)10(9)2;1-9-5-6-11-8-13-12(4-3-7-15-13)14(11)10(9)2;1-9-5-6-11-8-12-4-3-7-15-14(12)13(11)10(9)2;1-9-10(2)15-8-12-7-11-5-3-4-6-13(11)14(9)12;1-9-8-15-13-7-11-5-3-4-6-12(11)14(13)10(9)2;6*1-2/h2*3-6,8H,7H2,1-2H3;2*3-7H,8H2,1-2H3;2*3-6,8H,7H2,1-2H3;6*1-2H3. The molecule has 0 N–H and O–H groups in total. The summed E-state index contributed by atoms with van der Waals surface area (Å²) in [5.74, 6) is 0. The Hall–Kier alpha value is -9.78. The van der Waals surface area contributed by atoms with Gasteiger partial charge in [0.15, 0.2) is 0 Å². The van der Waals surface area contributed by atoms with Crippen LogP contribution in [0.4, 0.5) is 0 Å². The van der Waals surface area contributed by atoms with Crippen LogP contribution < -0.4 is 0 Å². The summed E-state index contributed by atoms with van der Waals surface area (Å²) in [6.45, 7) is 50.1. The van der Waals surface area contributed by atoms with Crippen molar-refractivity contribution in [1.29, 1.82) is 0 Å². The maximum atomic E-state index is 4.53. The van der Waals surface area contributed by atoms with Gasteiger partial charge in [0.1, 0.15) is 0 Å². The maximum Gasteiger partial charge on any atom is 0.0742 e. The molecule has 0 fully saturated rings. The van der Waals surface area contributed by atoms with E-state index in [1.165, 1.54) is 195 Å². The molecule has 6 aromatic carbocycles. The highest BCUT2D eigenvalue weighted by Crippen LogP contribution is 2.44. The van der Waals surface area contributed by atoms with Crippen molar-refractivity contribution in [2.45, 2.75) is 205 Å². The van der Waals surface area contributed by atoms with Gasteiger partial charge in [0.05, 0.1) is 17.1 Å². The maximum absolute atomic E-state index is 4.53. The molecular formula is C96H114N6. The monoisotopic (exact) mass is 1350 g/mol. The van der Waals surface area contributed by atoms with Gasteiger partial charge in [-0.05, 0) is 270 Å². The minimum absolute atomic E-state index is 0.993. The van der Waals surface area contributed by atoms with E-state index in [4.69, 9.17) is 0 Å². The van der Waals surface area contributed by atoms with Crippen molar-refractivity contribution in [2.24, 2.45) is 0 Å². The Bertz CT molecular complexity index is 4030. The molecule has 0 saturated heterocycles. The van der Waals surface area contributed by atoms with Crippen molar-refractivity contribution in [3.8, 4) is 66.9 Å². The lowest BCUT2D eigenvalue weighted by molar-refractivity contribution is 1.09. The van der Waals surface area contributed by atoms with Crippen LogP contribution in [0.5, 0.6) is 0 Å². The lowest BCUT2D eigenvalue weighted by Gasteiger charge is -2.08. The van der Waals surface area contributed by atoms with Crippen LogP contribution in [0.1, 0.15) is 217 Å². The smallest absolute Gasteiger partial charge is 0.0742 e. The number of aromatic nitrogens is 6. The highest BCUT2D eigenvalue weighted by atomic mass is 14.7. The molecule has 18 rings (SSSR count). The summed E-state index contributed by atoms with van der Waals surface area (Å²) >= 11 is 0. The largest absolute Gasteiger partial charge is 0.264 e. The van der Waals surface area contributed by atoms with Gasteiger partial charge in [0.2, 0.25) is 0 Å². The minimum Gasteiger partial charge on any atom is -0.264 e. The summed E-state index contributed by atoms with van der Waals surface area (Å²) in [5.41, 5.74) is 49.2. The van der Waals surface area contributed by atoms with Crippen LogP contribution in [0, 0.1) is 83.1 Å². The van der Waals surface area contributed by atoms with Crippen molar-refractivity contribution < 1.29 is 0 Å². The average molecular weight is 1350 g/mol. The molecule has 102 heavy (non-hydrogen) atoms. The van der Waals surface area contributed by atoms with Gasteiger partial charge < -0.3 is 0 Å². The van der Waals surface area contributed by atoms with E-state index in [2.05, 4.69) is 234 Å². The first-order valence-electron chi connectivity index (χ1n) is 37.8. The van der Waals surface area contributed by atoms with E-state index in [9.17, 15) is 0 Å². The van der Waals surface area contributed by atoms with Crippen LogP contribution >= 0.6 is 0 Å². The van der Waals surface area contributed by atoms with E-state index in [0.717, 1.165) is 44.2 Å². The summed E-state index contributed by atoms with van der Waals surface area (Å²) in [6, 6.07) is 47.7. The molecule has 0 bridgehead atoms. The predicted octanol–water partition coefficient (Wildman–Crippen LogP) is 25.8. The molecule has 0 amide bonds. The average Bonchev–Trinajstić information content (AvgIpc) is 1.69. The van der Waals surface area contributed by atoms with E-state index >= 15 is 0 Å². The Morgan fingerprint density at radius 2 is 0.608 bits per heavy atom. The molecule has 528 valence electrons. The third kappa shape index (κ3) is 16.9. The number of rotatable bonds is 0. The Morgan fingerprint density at radius 3 is 1.22 bits per heavy atom. The zero-order valence-electron chi connectivity index (χ0n) is 66.2. The molecule has 6 heterocycles. The van der Waals surface area contributed by atoms with Crippen LogP contribution in [-0.2, 0) is 38.5 Å². The van der Waals surface area contributed by atoms with Crippen LogP contribution in [0.3, 0.4) is 0 Å². The second-order valence-corrected chi connectivity index (χ2v) is 25.4. The molecule has 6 aliphatic carbocycles. The topological polar surface area (TPSA) is 77.3 Å². The number of benzene rings is 6. The Morgan fingerprint density at radius 1 is 0.216 bits per heavy atom. The fourth-order valence-electron chi connectivity index (χ4n) is 14.3. The van der Waals surface area contributed by atoms with Crippen molar-refractivity contribution in [3.63, 3.8) is 0 Å². The molecule has 0 aliphatic heterocycles. The van der Waals surface area contributed by atoms with E-state index in [1.807, 2.05) is 145 Å². The molecule has 6 aromatic heterocycles. The molecule has 12 aromatic rings.